The van der Waals surface area contributed by atoms with Gasteiger partial charge in [-0.05, 0) is 36.5 Å². The number of halogens is 1. The molecule has 1 atom stereocenters. The number of terminal acetylenes is 1. The topological polar surface area (TPSA) is 143 Å². The molecule has 1 fully saturated rings. The van der Waals surface area contributed by atoms with Crippen LogP contribution in [0.1, 0.15) is 35.1 Å². The number of hydrogen-bond acceptors (Lipinski definition) is 7. The molecule has 1 saturated carbocycles. The quantitative estimate of drug-likeness (QED) is 0.406. The van der Waals surface area contributed by atoms with Crippen molar-refractivity contribution in [1.82, 2.24) is 15.3 Å². The molecule has 0 saturated heterocycles. The number of pyridine rings is 1. The van der Waals surface area contributed by atoms with Crippen molar-refractivity contribution in [2.75, 3.05) is 11.9 Å². The molecule has 0 aliphatic heterocycles. The first-order chi connectivity index (χ1) is 16.8. The third kappa shape index (κ3) is 5.35. The number of hydrogen-bond donors (Lipinski definition) is 3. The maximum absolute atomic E-state index is 12.6. The number of anilines is 1. The number of benzene rings is 1. The average Bonchev–Trinajstić information content (AvgIpc) is 3.52. The Labute approximate surface area is 210 Å². The molecule has 1 aliphatic carbocycles. The number of amides is 3. The van der Waals surface area contributed by atoms with Crippen LogP contribution in [0.15, 0.2) is 41.9 Å². The monoisotopic (exact) mass is 506 g/mol. The molecular weight excluding hydrogens is 488 g/mol. The van der Waals surface area contributed by atoms with E-state index in [1.54, 1.807) is 35.8 Å². The van der Waals surface area contributed by atoms with Crippen LogP contribution in [0.3, 0.4) is 0 Å². The molecule has 1 aliphatic rings. The average molecular weight is 507 g/mol. The molecular formula is C24H19ClN6O3S. The van der Waals surface area contributed by atoms with Crippen molar-refractivity contribution in [3.8, 4) is 29.5 Å². The number of ether oxygens (including phenoxy) is 1. The Morgan fingerprint density at radius 2 is 2.14 bits per heavy atom. The zero-order valence-corrected chi connectivity index (χ0v) is 19.8. The lowest BCUT2D eigenvalue weighted by Gasteiger charge is -2.20. The zero-order valence-electron chi connectivity index (χ0n) is 18.2. The molecule has 0 unspecified atom stereocenters. The first kappa shape index (κ1) is 24.0. The van der Waals surface area contributed by atoms with Gasteiger partial charge in [0.15, 0.2) is 5.01 Å². The molecule has 11 heteroatoms. The van der Waals surface area contributed by atoms with Crippen LogP contribution in [-0.4, -0.2) is 28.7 Å². The number of nitrogens with two attached hydrogens (primary N) is 1. The maximum Gasteiger partial charge on any atom is 0.404 e. The number of urea groups is 1. The van der Waals surface area contributed by atoms with Gasteiger partial charge >= 0.3 is 12.1 Å². The number of nitrogens with one attached hydrogen (secondary N) is 2. The van der Waals surface area contributed by atoms with E-state index < -0.39 is 23.6 Å². The summed E-state index contributed by atoms with van der Waals surface area (Å²) in [6.45, 7) is -0.221. The van der Waals surface area contributed by atoms with Crippen molar-refractivity contribution in [3.05, 3.63) is 63.2 Å². The highest BCUT2D eigenvalue weighted by molar-refractivity contribution is 7.10. The molecule has 1 aromatic carbocycles. The molecule has 4 rings (SSSR count). The van der Waals surface area contributed by atoms with Crippen LogP contribution in [0, 0.1) is 23.7 Å². The van der Waals surface area contributed by atoms with E-state index in [9.17, 15) is 14.9 Å². The second kappa shape index (κ2) is 10.0. The number of rotatable bonds is 7. The first-order valence-electron chi connectivity index (χ1n) is 10.4. The van der Waals surface area contributed by atoms with Crippen LogP contribution < -0.4 is 16.4 Å². The van der Waals surface area contributed by atoms with Crippen LogP contribution in [-0.2, 0) is 10.2 Å². The van der Waals surface area contributed by atoms with Crippen molar-refractivity contribution in [1.29, 1.82) is 5.26 Å². The van der Waals surface area contributed by atoms with Gasteiger partial charge < -0.3 is 15.8 Å². The summed E-state index contributed by atoms with van der Waals surface area (Å²) in [5.74, 6) is 2.68. The summed E-state index contributed by atoms with van der Waals surface area (Å²) < 4.78 is 4.94. The highest BCUT2D eigenvalue weighted by Crippen LogP contribution is 2.50. The summed E-state index contributed by atoms with van der Waals surface area (Å²) in [4.78, 5) is 32.3. The number of nitriles is 1. The second-order valence-corrected chi connectivity index (χ2v) is 9.06. The zero-order chi connectivity index (χ0) is 25.0. The van der Waals surface area contributed by atoms with Crippen molar-refractivity contribution >= 4 is 40.9 Å². The lowest BCUT2D eigenvalue weighted by atomic mass is 9.93. The number of carbonyl (C=O) groups excluding carboxylic acids is 2. The summed E-state index contributed by atoms with van der Waals surface area (Å²) >= 11 is 7.86. The summed E-state index contributed by atoms with van der Waals surface area (Å²) in [6, 6.07) is 9.87. The molecule has 2 aromatic heterocycles. The number of primary amides is 1. The van der Waals surface area contributed by atoms with Gasteiger partial charge in [-0.15, -0.1) is 17.8 Å². The van der Waals surface area contributed by atoms with E-state index in [0.717, 1.165) is 18.4 Å². The van der Waals surface area contributed by atoms with Gasteiger partial charge in [-0.25, -0.2) is 14.6 Å². The third-order valence-corrected chi connectivity index (χ3v) is 6.56. The van der Waals surface area contributed by atoms with E-state index in [1.165, 1.54) is 11.3 Å². The lowest BCUT2D eigenvalue weighted by Crippen LogP contribution is -2.36. The van der Waals surface area contributed by atoms with Gasteiger partial charge in [0, 0.05) is 27.7 Å². The van der Waals surface area contributed by atoms with Gasteiger partial charge in [0.2, 0.25) is 0 Å². The molecule has 2 heterocycles. The molecule has 176 valence electrons. The first-order valence-corrected chi connectivity index (χ1v) is 11.7. The molecule has 3 amide bonds. The molecule has 0 radical (unpaired) electrons. The van der Waals surface area contributed by atoms with Crippen LogP contribution in [0.2, 0.25) is 5.02 Å². The fourth-order valence-corrected chi connectivity index (χ4v) is 4.44. The minimum absolute atomic E-state index is 0.221. The minimum atomic E-state index is -0.982. The number of carbonyl (C=O) groups is 2. The Kier molecular flexibility index (Phi) is 6.87. The molecule has 0 bridgehead atoms. The van der Waals surface area contributed by atoms with Crippen LogP contribution >= 0.6 is 22.9 Å². The van der Waals surface area contributed by atoms with Gasteiger partial charge in [-0.3, -0.25) is 10.3 Å². The summed E-state index contributed by atoms with van der Waals surface area (Å²) in [5.41, 5.74) is 7.26. The van der Waals surface area contributed by atoms with Crippen molar-refractivity contribution in [2.45, 2.75) is 24.3 Å². The van der Waals surface area contributed by atoms with Gasteiger partial charge in [-0.1, -0.05) is 29.8 Å². The van der Waals surface area contributed by atoms with Crippen molar-refractivity contribution < 1.29 is 14.3 Å². The Bertz CT molecular complexity index is 1370. The number of aromatic nitrogens is 2. The Balaban J connectivity index is 1.59. The lowest BCUT2D eigenvalue weighted by molar-refractivity contribution is 0.144. The van der Waals surface area contributed by atoms with Gasteiger partial charge in [0.25, 0.3) is 0 Å². The molecule has 3 aromatic rings. The van der Waals surface area contributed by atoms with Gasteiger partial charge in [-0.2, -0.15) is 5.26 Å². The highest BCUT2D eigenvalue weighted by atomic mass is 35.5. The van der Waals surface area contributed by atoms with E-state index in [4.69, 9.17) is 28.5 Å². The van der Waals surface area contributed by atoms with Crippen molar-refractivity contribution in [3.63, 3.8) is 0 Å². The number of thiazole rings is 1. The predicted molar refractivity (Wildman–Crippen MR) is 132 cm³/mol. The minimum Gasteiger partial charge on any atom is -0.447 e. The standard InChI is InChI=1S/C24H19ClN6O3S/c1-2-20-30-19(12-35-20)31-23(33)29-18(11-34-22(27)32)14-5-6-15(17(25)10-14)16-4-3-9-28-21(16)24(13-26)7-8-24/h1,3-6,9-10,12,18H,7-8,11H2,(H2,27,32)(H2,29,31,33)/t18-/m0/s1. The largest absolute Gasteiger partial charge is 0.447 e. The van der Waals surface area contributed by atoms with Gasteiger partial charge in [0.1, 0.15) is 17.8 Å². The maximum atomic E-state index is 12.6. The molecule has 0 spiro atoms. The van der Waals surface area contributed by atoms with E-state index in [2.05, 4.69) is 32.6 Å². The second-order valence-electron chi connectivity index (χ2n) is 7.80. The Morgan fingerprint density at radius 1 is 1.34 bits per heavy atom. The van der Waals surface area contributed by atoms with E-state index in [-0.39, 0.29) is 6.61 Å². The summed E-state index contributed by atoms with van der Waals surface area (Å²) in [7, 11) is 0. The predicted octanol–water partition coefficient (Wildman–Crippen LogP) is 4.35. The fourth-order valence-electron chi connectivity index (χ4n) is 3.59. The van der Waals surface area contributed by atoms with Crippen LogP contribution in [0.5, 0.6) is 0 Å². The summed E-state index contributed by atoms with van der Waals surface area (Å²) in [6.07, 6.45) is 7.48. The number of nitrogens with zero attached hydrogens (tertiary/aromatic N) is 3. The molecule has 9 nitrogen and oxygen atoms in total. The fraction of sp³-hybridized carbons (Fsp3) is 0.208. The summed E-state index contributed by atoms with van der Waals surface area (Å²) in [5, 5.41) is 17.4. The third-order valence-electron chi connectivity index (χ3n) is 5.48. The van der Waals surface area contributed by atoms with Crippen LogP contribution in [0.25, 0.3) is 11.1 Å². The SMILES string of the molecule is C#Cc1nc(NC(=O)N[C@@H](COC(N)=O)c2ccc(-c3cccnc3C3(C#N)CC3)c(Cl)c2)cs1. The molecule has 4 N–H and O–H groups in total. The van der Waals surface area contributed by atoms with E-state index in [1.807, 2.05) is 6.07 Å². The van der Waals surface area contributed by atoms with Gasteiger partial charge in [0.05, 0.1) is 17.8 Å². The van der Waals surface area contributed by atoms with Crippen molar-refractivity contribution in [2.24, 2.45) is 5.73 Å². The van der Waals surface area contributed by atoms with Crippen LogP contribution in [0.4, 0.5) is 15.4 Å². The van der Waals surface area contributed by atoms with E-state index in [0.29, 0.717) is 32.7 Å². The normalized spacial score (nSPS) is 14.1. The highest BCUT2D eigenvalue weighted by Gasteiger charge is 2.47. The van der Waals surface area contributed by atoms with E-state index >= 15 is 0 Å². The smallest absolute Gasteiger partial charge is 0.404 e. The molecule has 35 heavy (non-hydrogen) atoms. The Hall–Kier alpha value is -4.12. The Morgan fingerprint density at radius 3 is 2.77 bits per heavy atom.